The van der Waals surface area contributed by atoms with Gasteiger partial charge in [0, 0.05) is 19.4 Å². The molecule has 1 amide bonds. The molecule has 0 radical (unpaired) electrons. The van der Waals surface area contributed by atoms with Gasteiger partial charge in [0.05, 0.1) is 7.11 Å². The molecule has 2 atom stereocenters. The lowest BCUT2D eigenvalue weighted by molar-refractivity contribution is -0.127. The molecule has 1 aromatic heterocycles. The van der Waals surface area contributed by atoms with Crippen LogP contribution in [0.15, 0.2) is 60.9 Å². The second-order valence-electron chi connectivity index (χ2n) is 6.33. The number of methoxy groups -OCH3 is 1. The summed E-state index contributed by atoms with van der Waals surface area (Å²) in [5.74, 6) is 1.12. The number of nitrogens with zero attached hydrogens (tertiary/aromatic N) is 2. The van der Waals surface area contributed by atoms with Crippen molar-refractivity contribution in [1.29, 1.82) is 0 Å². The topological polar surface area (TPSA) is 65.4 Å². The van der Waals surface area contributed by atoms with Crippen molar-refractivity contribution in [2.24, 2.45) is 7.05 Å². The van der Waals surface area contributed by atoms with Crippen LogP contribution in [-0.2, 0) is 11.8 Å². The van der Waals surface area contributed by atoms with Gasteiger partial charge < -0.3 is 19.4 Å². The summed E-state index contributed by atoms with van der Waals surface area (Å²) in [6.45, 7) is 1.65. The van der Waals surface area contributed by atoms with Crippen LogP contribution >= 0.6 is 0 Å². The summed E-state index contributed by atoms with van der Waals surface area (Å²) in [5.41, 5.74) is 0.597. The fourth-order valence-electron chi connectivity index (χ4n) is 2.81. The van der Waals surface area contributed by atoms with Gasteiger partial charge in [0.25, 0.3) is 5.91 Å². The van der Waals surface area contributed by atoms with E-state index in [2.05, 4.69) is 10.3 Å². The molecule has 146 valence electrons. The van der Waals surface area contributed by atoms with E-state index < -0.39 is 12.1 Å². The van der Waals surface area contributed by atoms with Gasteiger partial charge in [-0.15, -0.1) is 0 Å². The Balaban J connectivity index is 1.77. The number of carbonyl (C=O) groups excluding carboxylic acids is 1. The molecule has 7 heteroatoms. The third kappa shape index (κ3) is 4.49. The zero-order chi connectivity index (χ0) is 20.1. The normalized spacial score (nSPS) is 12.9. The van der Waals surface area contributed by atoms with Crippen molar-refractivity contribution >= 4 is 5.91 Å². The summed E-state index contributed by atoms with van der Waals surface area (Å²) in [7, 11) is 3.40. The quantitative estimate of drug-likeness (QED) is 0.680. The number of hydrogen-bond donors (Lipinski definition) is 1. The van der Waals surface area contributed by atoms with E-state index in [1.54, 1.807) is 67.4 Å². The van der Waals surface area contributed by atoms with Crippen LogP contribution in [-0.4, -0.2) is 28.7 Å². The number of aryl methyl sites for hydroxylation is 1. The summed E-state index contributed by atoms with van der Waals surface area (Å²) >= 11 is 0. The van der Waals surface area contributed by atoms with E-state index in [1.807, 2.05) is 7.05 Å². The predicted octanol–water partition coefficient (Wildman–Crippen LogP) is 3.24. The number of ether oxygens (including phenoxy) is 2. The molecule has 0 saturated carbocycles. The van der Waals surface area contributed by atoms with Gasteiger partial charge in [-0.25, -0.2) is 9.37 Å². The maximum Gasteiger partial charge on any atom is 0.261 e. The lowest BCUT2D eigenvalue weighted by Crippen LogP contribution is -2.39. The first-order valence-electron chi connectivity index (χ1n) is 8.81. The number of nitrogens with one attached hydrogen (secondary N) is 1. The zero-order valence-electron chi connectivity index (χ0n) is 15.9. The monoisotopic (exact) mass is 383 g/mol. The van der Waals surface area contributed by atoms with E-state index in [4.69, 9.17) is 9.47 Å². The van der Waals surface area contributed by atoms with Crippen molar-refractivity contribution in [3.8, 4) is 11.5 Å². The van der Waals surface area contributed by atoms with E-state index in [1.165, 1.54) is 12.1 Å². The Morgan fingerprint density at radius 1 is 1.18 bits per heavy atom. The Labute approximate surface area is 162 Å². The van der Waals surface area contributed by atoms with Crippen molar-refractivity contribution in [3.63, 3.8) is 0 Å². The van der Waals surface area contributed by atoms with Crippen LogP contribution in [0.2, 0.25) is 0 Å². The van der Waals surface area contributed by atoms with E-state index in [9.17, 15) is 9.18 Å². The third-order valence-electron chi connectivity index (χ3n) is 4.33. The van der Waals surface area contributed by atoms with Gasteiger partial charge in [0.1, 0.15) is 29.2 Å². The first kappa shape index (κ1) is 19.4. The molecule has 1 heterocycles. The van der Waals surface area contributed by atoms with Crippen molar-refractivity contribution in [1.82, 2.24) is 14.9 Å². The summed E-state index contributed by atoms with van der Waals surface area (Å²) < 4.78 is 26.3. The van der Waals surface area contributed by atoms with E-state index in [0.29, 0.717) is 22.9 Å². The van der Waals surface area contributed by atoms with Crippen LogP contribution in [0, 0.1) is 5.82 Å². The molecule has 0 bridgehead atoms. The highest BCUT2D eigenvalue weighted by atomic mass is 19.1. The van der Waals surface area contributed by atoms with E-state index in [0.717, 1.165) is 0 Å². The lowest BCUT2D eigenvalue weighted by atomic mass is 10.1. The molecule has 2 unspecified atom stereocenters. The van der Waals surface area contributed by atoms with Gasteiger partial charge in [-0.05, 0) is 48.9 Å². The van der Waals surface area contributed by atoms with Crippen LogP contribution in [0.1, 0.15) is 24.4 Å². The van der Waals surface area contributed by atoms with Crippen LogP contribution in [0.25, 0.3) is 0 Å². The Hall–Kier alpha value is -3.35. The smallest absolute Gasteiger partial charge is 0.261 e. The maximum absolute atomic E-state index is 13.7. The summed E-state index contributed by atoms with van der Waals surface area (Å²) in [4.78, 5) is 17.1. The Kier molecular flexibility index (Phi) is 5.93. The van der Waals surface area contributed by atoms with Gasteiger partial charge in [-0.3, -0.25) is 4.79 Å². The number of rotatable bonds is 7. The molecule has 0 spiro atoms. The third-order valence-corrected chi connectivity index (χ3v) is 4.33. The highest BCUT2D eigenvalue weighted by Crippen LogP contribution is 2.22. The minimum Gasteiger partial charge on any atom is -0.497 e. The van der Waals surface area contributed by atoms with Crippen molar-refractivity contribution in [2.75, 3.05) is 7.11 Å². The van der Waals surface area contributed by atoms with Crippen molar-refractivity contribution in [3.05, 3.63) is 78.1 Å². The SMILES string of the molecule is COc1ccc(OC(C)C(=O)NC(c2cccc(F)c2)c2nccn2C)cc1. The Morgan fingerprint density at radius 2 is 1.89 bits per heavy atom. The molecule has 28 heavy (non-hydrogen) atoms. The molecule has 0 saturated heterocycles. The van der Waals surface area contributed by atoms with Gasteiger partial charge in [-0.2, -0.15) is 0 Å². The molecular formula is C21H22FN3O3. The number of benzene rings is 2. The van der Waals surface area contributed by atoms with E-state index >= 15 is 0 Å². The second kappa shape index (κ2) is 8.56. The first-order chi connectivity index (χ1) is 13.5. The molecule has 0 aliphatic carbocycles. The average molecular weight is 383 g/mol. The molecule has 3 rings (SSSR count). The minimum atomic E-state index is -0.760. The lowest BCUT2D eigenvalue weighted by Gasteiger charge is -2.22. The summed E-state index contributed by atoms with van der Waals surface area (Å²) in [6, 6.07) is 12.4. The summed E-state index contributed by atoms with van der Waals surface area (Å²) in [5, 5.41) is 2.91. The standard InChI is InChI=1S/C21H22FN3O3/c1-14(28-18-9-7-17(27-3)8-10-18)21(26)24-19(20-23-11-12-25(20)2)15-5-4-6-16(22)13-15/h4-14,19H,1-3H3,(H,24,26). The number of hydrogen-bond acceptors (Lipinski definition) is 4. The van der Waals surface area contributed by atoms with Crippen molar-refractivity contribution in [2.45, 2.75) is 19.1 Å². The van der Waals surface area contributed by atoms with Gasteiger partial charge in [-0.1, -0.05) is 12.1 Å². The minimum absolute atomic E-state index is 0.340. The highest BCUT2D eigenvalue weighted by Gasteiger charge is 2.24. The number of amides is 1. The summed E-state index contributed by atoms with van der Waals surface area (Å²) in [6.07, 6.45) is 2.64. The molecule has 3 aromatic rings. The molecule has 0 aliphatic rings. The predicted molar refractivity (Wildman–Crippen MR) is 103 cm³/mol. The van der Waals surface area contributed by atoms with Crippen molar-refractivity contribution < 1.29 is 18.7 Å². The fourth-order valence-corrected chi connectivity index (χ4v) is 2.81. The Morgan fingerprint density at radius 3 is 2.50 bits per heavy atom. The molecule has 2 aromatic carbocycles. The first-order valence-corrected chi connectivity index (χ1v) is 8.81. The number of carbonyl (C=O) groups is 1. The van der Waals surface area contributed by atoms with Gasteiger partial charge >= 0.3 is 0 Å². The Bertz CT molecular complexity index is 940. The molecule has 0 aliphatic heterocycles. The number of aromatic nitrogens is 2. The largest absolute Gasteiger partial charge is 0.497 e. The second-order valence-corrected chi connectivity index (χ2v) is 6.33. The molecular weight excluding hydrogens is 361 g/mol. The maximum atomic E-state index is 13.7. The fraction of sp³-hybridized carbons (Fsp3) is 0.238. The molecule has 0 fully saturated rings. The van der Waals surface area contributed by atoms with Gasteiger partial charge in [0.2, 0.25) is 0 Å². The van der Waals surface area contributed by atoms with Crippen LogP contribution < -0.4 is 14.8 Å². The molecule has 1 N–H and O–H groups in total. The van der Waals surface area contributed by atoms with Crippen LogP contribution in [0.3, 0.4) is 0 Å². The van der Waals surface area contributed by atoms with Crippen LogP contribution in [0.4, 0.5) is 4.39 Å². The van der Waals surface area contributed by atoms with Gasteiger partial charge in [0.15, 0.2) is 6.10 Å². The van der Waals surface area contributed by atoms with E-state index in [-0.39, 0.29) is 11.7 Å². The number of halogens is 1. The van der Waals surface area contributed by atoms with Crippen LogP contribution in [0.5, 0.6) is 11.5 Å². The number of imidazole rings is 1. The molecule has 6 nitrogen and oxygen atoms in total. The average Bonchev–Trinajstić information content (AvgIpc) is 3.12. The highest BCUT2D eigenvalue weighted by molar-refractivity contribution is 5.81. The zero-order valence-corrected chi connectivity index (χ0v) is 15.9.